The number of rotatable bonds is 2. The number of thiophene rings is 1. The van der Waals surface area contributed by atoms with Crippen molar-refractivity contribution in [2.75, 3.05) is 13.2 Å². The molecule has 1 fully saturated rings. The van der Waals surface area contributed by atoms with E-state index in [1.54, 1.807) is 0 Å². The summed E-state index contributed by atoms with van der Waals surface area (Å²) in [6, 6.07) is 7.88. The third kappa shape index (κ3) is 1.92. The van der Waals surface area contributed by atoms with Crippen LogP contribution >= 0.6 is 22.9 Å². The lowest BCUT2D eigenvalue weighted by molar-refractivity contribution is -0.00338. The number of carbonyl (C=O) groups is 1. The Bertz CT molecular complexity index is 577. The van der Waals surface area contributed by atoms with E-state index in [2.05, 4.69) is 5.32 Å². The van der Waals surface area contributed by atoms with Gasteiger partial charge in [-0.05, 0) is 6.07 Å². The van der Waals surface area contributed by atoms with Crippen LogP contribution in [-0.4, -0.2) is 25.2 Å². The number of hydrogen-bond acceptors (Lipinski definition) is 3. The van der Waals surface area contributed by atoms with Gasteiger partial charge in [0.05, 0.1) is 24.3 Å². The van der Waals surface area contributed by atoms with Gasteiger partial charge in [0.25, 0.3) is 5.91 Å². The number of fused-ring (bicyclic) bond motifs is 1. The topological polar surface area (TPSA) is 38.3 Å². The zero-order valence-electron chi connectivity index (χ0n) is 8.90. The van der Waals surface area contributed by atoms with Gasteiger partial charge in [0.2, 0.25) is 0 Å². The zero-order valence-corrected chi connectivity index (χ0v) is 10.5. The maximum absolute atomic E-state index is 12.0. The highest BCUT2D eigenvalue weighted by molar-refractivity contribution is 7.21. The Morgan fingerprint density at radius 2 is 2.18 bits per heavy atom. The summed E-state index contributed by atoms with van der Waals surface area (Å²) in [6.45, 7) is 1.18. The molecular formula is C12H10ClNO2S. The van der Waals surface area contributed by atoms with E-state index >= 15 is 0 Å². The predicted molar refractivity (Wildman–Crippen MR) is 68.9 cm³/mol. The molecule has 1 amide bonds. The van der Waals surface area contributed by atoms with Gasteiger partial charge in [0.15, 0.2) is 0 Å². The average molecular weight is 268 g/mol. The summed E-state index contributed by atoms with van der Waals surface area (Å²) in [7, 11) is 0. The van der Waals surface area contributed by atoms with Gasteiger partial charge in [0.1, 0.15) is 4.88 Å². The smallest absolute Gasteiger partial charge is 0.263 e. The molecular weight excluding hydrogens is 258 g/mol. The second-order valence-corrected chi connectivity index (χ2v) is 5.38. The summed E-state index contributed by atoms with van der Waals surface area (Å²) in [4.78, 5) is 12.6. The van der Waals surface area contributed by atoms with E-state index in [1.807, 2.05) is 24.3 Å². The molecule has 3 rings (SSSR count). The molecule has 2 heterocycles. The summed E-state index contributed by atoms with van der Waals surface area (Å²) in [5.41, 5.74) is 0. The summed E-state index contributed by atoms with van der Waals surface area (Å²) in [6.07, 6.45) is 0. The first-order valence-electron chi connectivity index (χ1n) is 5.31. The summed E-state index contributed by atoms with van der Waals surface area (Å²) < 4.78 is 6.05. The average Bonchev–Trinajstić information content (AvgIpc) is 2.62. The minimum Gasteiger partial charge on any atom is -0.377 e. The first kappa shape index (κ1) is 11.0. The first-order chi connectivity index (χ1) is 8.25. The molecule has 17 heavy (non-hydrogen) atoms. The second-order valence-electron chi connectivity index (χ2n) is 3.95. The Kier molecular flexibility index (Phi) is 2.78. The normalized spacial score (nSPS) is 15.8. The van der Waals surface area contributed by atoms with Crippen molar-refractivity contribution in [3.05, 3.63) is 34.2 Å². The van der Waals surface area contributed by atoms with Gasteiger partial charge >= 0.3 is 0 Å². The third-order valence-electron chi connectivity index (χ3n) is 2.71. The van der Waals surface area contributed by atoms with Gasteiger partial charge in [-0.1, -0.05) is 29.8 Å². The van der Waals surface area contributed by atoms with Crippen LogP contribution in [0.3, 0.4) is 0 Å². The molecule has 1 aromatic heterocycles. The van der Waals surface area contributed by atoms with Crippen LogP contribution in [0.2, 0.25) is 5.02 Å². The number of hydrogen-bond donors (Lipinski definition) is 1. The fourth-order valence-corrected chi connectivity index (χ4v) is 3.15. The molecule has 0 aliphatic carbocycles. The predicted octanol–water partition coefficient (Wildman–Crippen LogP) is 2.68. The van der Waals surface area contributed by atoms with Crippen LogP contribution < -0.4 is 5.32 Å². The highest BCUT2D eigenvalue weighted by atomic mass is 35.5. The van der Waals surface area contributed by atoms with Crippen LogP contribution in [0.25, 0.3) is 10.1 Å². The maximum atomic E-state index is 12.0. The number of halogens is 1. The molecule has 0 atom stereocenters. The Hall–Kier alpha value is -1.10. The van der Waals surface area contributed by atoms with Crippen molar-refractivity contribution in [1.29, 1.82) is 0 Å². The van der Waals surface area contributed by atoms with Crippen molar-refractivity contribution in [1.82, 2.24) is 5.32 Å². The summed E-state index contributed by atoms with van der Waals surface area (Å²) >= 11 is 7.64. The summed E-state index contributed by atoms with van der Waals surface area (Å²) in [5, 5.41) is 4.38. The van der Waals surface area contributed by atoms with Crippen LogP contribution in [0.1, 0.15) is 9.67 Å². The zero-order chi connectivity index (χ0) is 11.8. The Morgan fingerprint density at radius 1 is 1.41 bits per heavy atom. The van der Waals surface area contributed by atoms with Crippen molar-refractivity contribution in [3.8, 4) is 0 Å². The molecule has 2 aromatic rings. The van der Waals surface area contributed by atoms with Gasteiger partial charge in [-0.2, -0.15) is 0 Å². The molecule has 1 saturated heterocycles. The SMILES string of the molecule is O=C(NC1COC1)c1sc2ccccc2c1Cl. The van der Waals surface area contributed by atoms with Gasteiger partial charge in [-0.15, -0.1) is 11.3 Å². The van der Waals surface area contributed by atoms with E-state index in [0.29, 0.717) is 23.1 Å². The molecule has 1 aliphatic rings. The quantitative estimate of drug-likeness (QED) is 0.909. The molecule has 0 unspecified atom stereocenters. The van der Waals surface area contributed by atoms with Crippen LogP contribution in [0.15, 0.2) is 24.3 Å². The molecule has 0 radical (unpaired) electrons. The fraction of sp³-hybridized carbons (Fsp3) is 0.250. The first-order valence-corrected chi connectivity index (χ1v) is 6.51. The molecule has 1 aliphatic heterocycles. The standard InChI is InChI=1S/C12H10ClNO2S/c13-10-8-3-1-2-4-9(8)17-11(10)12(15)14-7-5-16-6-7/h1-4,7H,5-6H2,(H,14,15). The van der Waals surface area contributed by atoms with Crippen molar-refractivity contribution in [3.63, 3.8) is 0 Å². The maximum Gasteiger partial charge on any atom is 0.263 e. The largest absolute Gasteiger partial charge is 0.377 e. The van der Waals surface area contributed by atoms with E-state index in [9.17, 15) is 4.79 Å². The molecule has 0 bridgehead atoms. The Labute approximate surface area is 107 Å². The number of ether oxygens (including phenoxy) is 1. The fourth-order valence-electron chi connectivity index (χ4n) is 1.73. The molecule has 0 spiro atoms. The number of benzene rings is 1. The van der Waals surface area contributed by atoms with E-state index in [4.69, 9.17) is 16.3 Å². The molecule has 0 saturated carbocycles. The second kappa shape index (κ2) is 4.29. The summed E-state index contributed by atoms with van der Waals surface area (Å²) in [5.74, 6) is -0.107. The monoisotopic (exact) mass is 267 g/mol. The van der Waals surface area contributed by atoms with E-state index in [0.717, 1.165) is 10.1 Å². The van der Waals surface area contributed by atoms with E-state index < -0.39 is 0 Å². The van der Waals surface area contributed by atoms with Crippen LogP contribution in [0.4, 0.5) is 0 Å². The minimum atomic E-state index is -0.107. The molecule has 1 N–H and O–H groups in total. The minimum absolute atomic E-state index is 0.107. The van der Waals surface area contributed by atoms with Gasteiger partial charge in [-0.25, -0.2) is 0 Å². The lowest BCUT2D eigenvalue weighted by Crippen LogP contribution is -2.48. The number of carbonyl (C=O) groups excluding carboxylic acids is 1. The van der Waals surface area contributed by atoms with E-state index in [-0.39, 0.29) is 11.9 Å². The van der Waals surface area contributed by atoms with Gasteiger partial charge in [-0.3, -0.25) is 4.79 Å². The van der Waals surface area contributed by atoms with Crippen LogP contribution in [0.5, 0.6) is 0 Å². The van der Waals surface area contributed by atoms with Crippen molar-refractivity contribution < 1.29 is 9.53 Å². The van der Waals surface area contributed by atoms with Gasteiger partial charge in [0, 0.05) is 10.1 Å². The van der Waals surface area contributed by atoms with Crippen LogP contribution in [-0.2, 0) is 4.74 Å². The van der Waals surface area contributed by atoms with Gasteiger partial charge < -0.3 is 10.1 Å². The van der Waals surface area contributed by atoms with Crippen molar-refractivity contribution in [2.24, 2.45) is 0 Å². The Morgan fingerprint density at radius 3 is 2.82 bits per heavy atom. The molecule has 5 heteroatoms. The van der Waals surface area contributed by atoms with E-state index in [1.165, 1.54) is 11.3 Å². The van der Waals surface area contributed by atoms with Crippen molar-refractivity contribution >= 4 is 38.9 Å². The number of nitrogens with one attached hydrogen (secondary N) is 1. The molecule has 88 valence electrons. The van der Waals surface area contributed by atoms with Crippen molar-refractivity contribution in [2.45, 2.75) is 6.04 Å². The highest BCUT2D eigenvalue weighted by Crippen LogP contribution is 2.35. The lowest BCUT2D eigenvalue weighted by atomic mass is 10.2. The molecule has 1 aromatic carbocycles. The molecule has 3 nitrogen and oxygen atoms in total. The highest BCUT2D eigenvalue weighted by Gasteiger charge is 2.24. The number of amides is 1. The third-order valence-corrected chi connectivity index (χ3v) is 4.39. The Balaban J connectivity index is 1.93. The van der Waals surface area contributed by atoms with Crippen LogP contribution in [0, 0.1) is 0 Å². The lowest BCUT2D eigenvalue weighted by Gasteiger charge is -2.26.